The minimum absolute atomic E-state index is 0.0273. The van der Waals surface area contributed by atoms with Crippen LogP contribution in [0.5, 0.6) is 0 Å². The van der Waals surface area contributed by atoms with Gasteiger partial charge in [-0.1, -0.05) is 17.7 Å². The van der Waals surface area contributed by atoms with E-state index in [-0.39, 0.29) is 11.9 Å². The van der Waals surface area contributed by atoms with E-state index in [2.05, 4.69) is 25.4 Å². The molecular formula is C15H18ClN5O. The van der Waals surface area contributed by atoms with Crippen molar-refractivity contribution in [3.8, 4) is 0 Å². The van der Waals surface area contributed by atoms with Crippen molar-refractivity contribution in [2.45, 2.75) is 25.3 Å². The monoisotopic (exact) mass is 319 g/mol. The number of halogens is 1. The van der Waals surface area contributed by atoms with Gasteiger partial charge in [0.15, 0.2) is 0 Å². The summed E-state index contributed by atoms with van der Waals surface area (Å²) in [4.78, 5) is 18.7. The van der Waals surface area contributed by atoms with E-state index in [0.29, 0.717) is 10.9 Å². The Morgan fingerprint density at radius 3 is 3.14 bits per heavy atom. The predicted octanol–water partition coefficient (Wildman–Crippen LogP) is 2.27. The molecule has 0 spiro atoms. The SMILES string of the molecule is C[C@H](C(=O)Nc1cccc(Cl)c1)N1CC[C@H](c2ncn[nH]2)C1. The number of nitrogens with zero attached hydrogens (tertiary/aromatic N) is 3. The molecule has 0 unspecified atom stereocenters. The number of amides is 1. The van der Waals surface area contributed by atoms with Gasteiger partial charge < -0.3 is 5.32 Å². The van der Waals surface area contributed by atoms with Crippen LogP contribution in [0.15, 0.2) is 30.6 Å². The molecule has 2 N–H and O–H groups in total. The van der Waals surface area contributed by atoms with E-state index < -0.39 is 0 Å². The Balaban J connectivity index is 1.59. The highest BCUT2D eigenvalue weighted by Gasteiger charge is 2.31. The zero-order chi connectivity index (χ0) is 15.5. The highest BCUT2D eigenvalue weighted by atomic mass is 35.5. The highest BCUT2D eigenvalue weighted by molar-refractivity contribution is 6.30. The molecule has 1 amide bonds. The van der Waals surface area contributed by atoms with Crippen molar-refractivity contribution in [1.82, 2.24) is 20.1 Å². The molecule has 7 heteroatoms. The van der Waals surface area contributed by atoms with Crippen molar-refractivity contribution < 1.29 is 4.79 Å². The lowest BCUT2D eigenvalue weighted by molar-refractivity contribution is -0.120. The molecule has 2 aromatic rings. The van der Waals surface area contributed by atoms with Crippen LogP contribution in [0.2, 0.25) is 5.02 Å². The summed E-state index contributed by atoms with van der Waals surface area (Å²) in [7, 11) is 0. The molecule has 1 saturated heterocycles. The number of hydrogen-bond donors (Lipinski definition) is 2. The van der Waals surface area contributed by atoms with Gasteiger partial charge in [0, 0.05) is 23.2 Å². The van der Waals surface area contributed by atoms with Gasteiger partial charge in [-0.3, -0.25) is 14.8 Å². The number of nitrogens with one attached hydrogen (secondary N) is 2. The number of hydrogen-bond acceptors (Lipinski definition) is 4. The number of aromatic nitrogens is 3. The number of likely N-dealkylation sites (tertiary alicyclic amines) is 1. The lowest BCUT2D eigenvalue weighted by atomic mass is 10.1. The third kappa shape index (κ3) is 3.28. The van der Waals surface area contributed by atoms with Gasteiger partial charge in [-0.15, -0.1) is 0 Å². The van der Waals surface area contributed by atoms with E-state index in [1.807, 2.05) is 19.1 Å². The molecule has 0 saturated carbocycles. The van der Waals surface area contributed by atoms with Crippen molar-refractivity contribution in [1.29, 1.82) is 0 Å². The molecule has 116 valence electrons. The summed E-state index contributed by atoms with van der Waals surface area (Å²) >= 11 is 5.93. The van der Waals surface area contributed by atoms with Gasteiger partial charge in [-0.05, 0) is 38.1 Å². The van der Waals surface area contributed by atoms with Crippen LogP contribution >= 0.6 is 11.6 Å². The largest absolute Gasteiger partial charge is 0.325 e. The second-order valence-electron chi connectivity index (χ2n) is 5.53. The molecule has 0 aliphatic carbocycles. The van der Waals surface area contributed by atoms with Crippen molar-refractivity contribution in [3.63, 3.8) is 0 Å². The summed E-state index contributed by atoms with van der Waals surface area (Å²) < 4.78 is 0. The van der Waals surface area contributed by atoms with Crippen LogP contribution in [-0.4, -0.2) is 45.1 Å². The Bertz CT molecular complexity index is 645. The number of H-pyrrole nitrogens is 1. The zero-order valence-electron chi connectivity index (χ0n) is 12.3. The van der Waals surface area contributed by atoms with E-state index in [9.17, 15) is 4.79 Å². The maximum atomic E-state index is 12.4. The van der Waals surface area contributed by atoms with Crippen molar-refractivity contribution in [2.75, 3.05) is 18.4 Å². The molecule has 0 radical (unpaired) electrons. The van der Waals surface area contributed by atoms with E-state index in [4.69, 9.17) is 11.6 Å². The summed E-state index contributed by atoms with van der Waals surface area (Å²) in [6, 6.07) is 6.97. The summed E-state index contributed by atoms with van der Waals surface area (Å²) in [6.45, 7) is 3.59. The maximum Gasteiger partial charge on any atom is 0.241 e. The number of rotatable bonds is 4. The van der Waals surface area contributed by atoms with Gasteiger partial charge in [-0.2, -0.15) is 5.10 Å². The first-order valence-electron chi connectivity index (χ1n) is 7.29. The van der Waals surface area contributed by atoms with E-state index in [1.165, 1.54) is 6.33 Å². The fourth-order valence-corrected chi connectivity index (χ4v) is 2.94. The number of carbonyl (C=O) groups excluding carboxylic acids is 1. The Morgan fingerprint density at radius 2 is 2.41 bits per heavy atom. The van der Waals surface area contributed by atoms with Crippen LogP contribution < -0.4 is 5.32 Å². The summed E-state index contributed by atoms with van der Waals surface area (Å²) in [5.41, 5.74) is 0.718. The smallest absolute Gasteiger partial charge is 0.241 e. The second kappa shape index (κ2) is 6.46. The van der Waals surface area contributed by atoms with Gasteiger partial charge in [-0.25, -0.2) is 4.98 Å². The van der Waals surface area contributed by atoms with Gasteiger partial charge in [0.2, 0.25) is 5.91 Å². The molecule has 2 atom stereocenters. The lowest BCUT2D eigenvalue weighted by Gasteiger charge is -2.23. The molecule has 2 heterocycles. The standard InChI is InChI=1S/C15H18ClN5O/c1-10(15(22)19-13-4-2-3-12(16)7-13)21-6-5-11(8-21)14-17-9-18-20-14/h2-4,7,9-11H,5-6,8H2,1H3,(H,19,22)(H,17,18,20)/t10-,11+/m1/s1. The number of aromatic amines is 1. The van der Waals surface area contributed by atoms with Gasteiger partial charge in [0.25, 0.3) is 0 Å². The molecule has 1 fully saturated rings. The molecule has 6 nitrogen and oxygen atoms in total. The highest BCUT2D eigenvalue weighted by Crippen LogP contribution is 2.26. The van der Waals surface area contributed by atoms with Gasteiger partial charge in [0.1, 0.15) is 12.2 Å². The first kappa shape index (κ1) is 15.0. The van der Waals surface area contributed by atoms with E-state index in [0.717, 1.165) is 31.0 Å². The molecule has 1 aromatic heterocycles. The molecule has 0 bridgehead atoms. The average Bonchev–Trinajstić information content (AvgIpc) is 3.17. The Hall–Kier alpha value is -1.92. The number of carbonyl (C=O) groups is 1. The van der Waals surface area contributed by atoms with E-state index >= 15 is 0 Å². The maximum absolute atomic E-state index is 12.4. The third-order valence-electron chi connectivity index (χ3n) is 4.06. The number of benzene rings is 1. The van der Waals surface area contributed by atoms with Crippen molar-refractivity contribution in [3.05, 3.63) is 41.4 Å². The Kier molecular flexibility index (Phi) is 4.40. The van der Waals surface area contributed by atoms with Gasteiger partial charge in [0.05, 0.1) is 6.04 Å². The topological polar surface area (TPSA) is 73.9 Å². The van der Waals surface area contributed by atoms with Crippen LogP contribution in [0.25, 0.3) is 0 Å². The fraction of sp³-hybridized carbons (Fsp3) is 0.400. The van der Waals surface area contributed by atoms with Crippen molar-refractivity contribution in [2.24, 2.45) is 0 Å². The minimum atomic E-state index is -0.202. The fourth-order valence-electron chi connectivity index (χ4n) is 2.75. The molecule has 22 heavy (non-hydrogen) atoms. The normalized spacial score (nSPS) is 20.0. The summed E-state index contributed by atoms with van der Waals surface area (Å²) in [6.07, 6.45) is 2.50. The van der Waals surface area contributed by atoms with Crippen LogP contribution in [0.1, 0.15) is 25.1 Å². The van der Waals surface area contributed by atoms with Crippen LogP contribution in [0, 0.1) is 0 Å². The average molecular weight is 320 g/mol. The third-order valence-corrected chi connectivity index (χ3v) is 4.29. The molecule has 3 rings (SSSR count). The van der Waals surface area contributed by atoms with Crippen LogP contribution in [0.3, 0.4) is 0 Å². The molecule has 1 aromatic carbocycles. The second-order valence-corrected chi connectivity index (χ2v) is 5.96. The summed E-state index contributed by atoms with van der Waals surface area (Å²) in [5.74, 6) is 1.18. The van der Waals surface area contributed by atoms with E-state index in [1.54, 1.807) is 12.1 Å². The minimum Gasteiger partial charge on any atom is -0.325 e. The first-order valence-corrected chi connectivity index (χ1v) is 7.67. The molecule has 1 aliphatic heterocycles. The zero-order valence-corrected chi connectivity index (χ0v) is 13.0. The Labute approximate surface area is 133 Å². The van der Waals surface area contributed by atoms with Crippen LogP contribution in [0.4, 0.5) is 5.69 Å². The first-order chi connectivity index (χ1) is 10.6. The lowest BCUT2D eigenvalue weighted by Crippen LogP contribution is -2.40. The molecule has 1 aliphatic rings. The number of anilines is 1. The van der Waals surface area contributed by atoms with Crippen LogP contribution in [-0.2, 0) is 4.79 Å². The molecular weight excluding hydrogens is 302 g/mol. The van der Waals surface area contributed by atoms with Gasteiger partial charge >= 0.3 is 0 Å². The Morgan fingerprint density at radius 1 is 1.55 bits per heavy atom. The quantitative estimate of drug-likeness (QED) is 0.906. The summed E-state index contributed by atoms with van der Waals surface area (Å²) in [5, 5.41) is 10.3. The predicted molar refractivity (Wildman–Crippen MR) is 84.9 cm³/mol. The van der Waals surface area contributed by atoms with Crippen molar-refractivity contribution >= 4 is 23.2 Å².